The van der Waals surface area contributed by atoms with Gasteiger partial charge in [0.2, 0.25) is 5.91 Å². The number of hydrogen-bond donors (Lipinski definition) is 2. The molecule has 1 aliphatic rings. The minimum atomic E-state index is -0.685. The number of anilines is 1. The van der Waals surface area contributed by atoms with Crippen LogP contribution in [0.5, 0.6) is 0 Å². The van der Waals surface area contributed by atoms with Crippen LogP contribution < -0.4 is 10.2 Å². The Bertz CT molecular complexity index is 575. The first-order valence-electron chi connectivity index (χ1n) is 7.46. The van der Waals surface area contributed by atoms with E-state index in [1.807, 2.05) is 13.8 Å². The Morgan fingerprint density at radius 1 is 1.45 bits per heavy atom. The maximum absolute atomic E-state index is 13.9. The van der Waals surface area contributed by atoms with Crippen molar-refractivity contribution in [1.82, 2.24) is 5.32 Å². The summed E-state index contributed by atoms with van der Waals surface area (Å²) in [5.74, 6) is -1.26. The third kappa shape index (κ3) is 3.62. The summed E-state index contributed by atoms with van der Waals surface area (Å²) < 4.78 is 13.9. The third-order valence-electron chi connectivity index (χ3n) is 3.82. The molecule has 0 aromatic heterocycles. The van der Waals surface area contributed by atoms with E-state index in [2.05, 4.69) is 5.32 Å². The Morgan fingerprint density at radius 2 is 2.18 bits per heavy atom. The van der Waals surface area contributed by atoms with Gasteiger partial charge in [0, 0.05) is 25.2 Å². The van der Waals surface area contributed by atoms with Gasteiger partial charge in [0.05, 0.1) is 11.7 Å². The molecule has 1 fully saturated rings. The molecule has 0 bridgehead atoms. The number of nitrogens with one attached hydrogen (secondary N) is 1. The van der Waals surface area contributed by atoms with E-state index in [1.165, 1.54) is 18.2 Å². The van der Waals surface area contributed by atoms with Gasteiger partial charge in [-0.1, -0.05) is 13.8 Å². The van der Waals surface area contributed by atoms with E-state index in [1.54, 1.807) is 4.90 Å². The summed E-state index contributed by atoms with van der Waals surface area (Å²) in [5.41, 5.74) is 0.409. The Labute approximate surface area is 129 Å². The highest BCUT2D eigenvalue weighted by molar-refractivity contribution is 5.99. The lowest BCUT2D eigenvalue weighted by atomic mass is 10.1. The van der Waals surface area contributed by atoms with Crippen LogP contribution in [0.25, 0.3) is 0 Å². The topological polar surface area (TPSA) is 69.6 Å². The number of nitrogens with zero attached hydrogens (tertiary/aromatic N) is 1. The van der Waals surface area contributed by atoms with E-state index in [4.69, 9.17) is 0 Å². The van der Waals surface area contributed by atoms with Crippen molar-refractivity contribution in [2.45, 2.75) is 32.8 Å². The zero-order valence-electron chi connectivity index (χ0n) is 12.8. The molecule has 0 spiro atoms. The van der Waals surface area contributed by atoms with Gasteiger partial charge in [-0.3, -0.25) is 9.59 Å². The van der Waals surface area contributed by atoms with Crippen LogP contribution in [0, 0.1) is 11.7 Å². The molecule has 2 rings (SSSR count). The number of carbonyl (C=O) groups is 2. The van der Waals surface area contributed by atoms with Crippen LogP contribution in [-0.4, -0.2) is 36.1 Å². The van der Waals surface area contributed by atoms with Crippen LogP contribution in [0.15, 0.2) is 18.2 Å². The second-order valence-corrected chi connectivity index (χ2v) is 5.83. The fourth-order valence-electron chi connectivity index (χ4n) is 2.30. The lowest BCUT2D eigenvalue weighted by Crippen LogP contribution is -2.35. The van der Waals surface area contributed by atoms with Crippen molar-refractivity contribution < 1.29 is 19.1 Å². The highest BCUT2D eigenvalue weighted by atomic mass is 19.1. The van der Waals surface area contributed by atoms with Crippen LogP contribution in [0.3, 0.4) is 0 Å². The summed E-state index contributed by atoms with van der Waals surface area (Å²) >= 11 is 0. The summed E-state index contributed by atoms with van der Waals surface area (Å²) in [5, 5.41) is 12.2. The standard InChI is InChI=1S/C16H21FN2O3/c1-10(2)14(20)9-18-16(22)12-8-11(5-6-13(12)17)19-7-3-4-15(19)21/h5-6,8,10,14,20H,3-4,7,9H2,1-2H3,(H,18,22). The van der Waals surface area contributed by atoms with Crippen molar-refractivity contribution in [2.24, 2.45) is 5.92 Å². The van der Waals surface area contributed by atoms with E-state index < -0.39 is 17.8 Å². The van der Waals surface area contributed by atoms with Crippen molar-refractivity contribution in [1.29, 1.82) is 0 Å². The van der Waals surface area contributed by atoms with Crippen molar-refractivity contribution in [3.63, 3.8) is 0 Å². The Hall–Kier alpha value is -1.95. The van der Waals surface area contributed by atoms with Crippen molar-refractivity contribution >= 4 is 17.5 Å². The van der Waals surface area contributed by atoms with E-state index in [0.29, 0.717) is 18.7 Å². The first-order valence-corrected chi connectivity index (χ1v) is 7.46. The van der Waals surface area contributed by atoms with Crippen LogP contribution >= 0.6 is 0 Å². The molecule has 5 nitrogen and oxygen atoms in total. The fraction of sp³-hybridized carbons (Fsp3) is 0.500. The normalized spacial score (nSPS) is 16.2. The minimum absolute atomic E-state index is 0.00120. The second-order valence-electron chi connectivity index (χ2n) is 5.83. The smallest absolute Gasteiger partial charge is 0.254 e. The number of aliphatic hydroxyl groups is 1. The summed E-state index contributed by atoms with van der Waals surface area (Å²) in [4.78, 5) is 25.4. The molecule has 1 heterocycles. The molecule has 22 heavy (non-hydrogen) atoms. The van der Waals surface area contributed by atoms with E-state index >= 15 is 0 Å². The van der Waals surface area contributed by atoms with Crippen LogP contribution in [0.4, 0.5) is 10.1 Å². The molecular weight excluding hydrogens is 287 g/mol. The molecule has 120 valence electrons. The number of carbonyl (C=O) groups excluding carboxylic acids is 2. The average molecular weight is 308 g/mol. The van der Waals surface area contributed by atoms with E-state index in [-0.39, 0.29) is 23.9 Å². The first-order chi connectivity index (χ1) is 10.4. The van der Waals surface area contributed by atoms with Crippen LogP contribution in [0.2, 0.25) is 0 Å². The van der Waals surface area contributed by atoms with Gasteiger partial charge >= 0.3 is 0 Å². The average Bonchev–Trinajstić information content (AvgIpc) is 2.91. The molecule has 0 saturated carbocycles. The number of aliphatic hydroxyl groups excluding tert-OH is 1. The summed E-state index contributed by atoms with van der Waals surface area (Å²) in [6, 6.07) is 4.07. The van der Waals surface area contributed by atoms with Gasteiger partial charge in [0.25, 0.3) is 5.91 Å². The molecule has 1 aliphatic heterocycles. The second kappa shape index (κ2) is 6.87. The predicted molar refractivity (Wildman–Crippen MR) is 81.2 cm³/mol. The zero-order chi connectivity index (χ0) is 16.3. The molecule has 0 aliphatic carbocycles. The predicted octanol–water partition coefficient (Wildman–Crippen LogP) is 1.70. The minimum Gasteiger partial charge on any atom is -0.391 e. The van der Waals surface area contributed by atoms with E-state index in [9.17, 15) is 19.1 Å². The molecular formula is C16H21FN2O3. The number of amides is 2. The lowest BCUT2D eigenvalue weighted by Gasteiger charge is -2.18. The molecule has 1 saturated heterocycles. The summed E-state index contributed by atoms with van der Waals surface area (Å²) in [6.45, 7) is 4.30. The fourth-order valence-corrected chi connectivity index (χ4v) is 2.30. The third-order valence-corrected chi connectivity index (χ3v) is 3.82. The number of benzene rings is 1. The lowest BCUT2D eigenvalue weighted by molar-refractivity contribution is -0.117. The van der Waals surface area contributed by atoms with Gasteiger partial charge < -0.3 is 15.3 Å². The van der Waals surface area contributed by atoms with Crippen molar-refractivity contribution in [2.75, 3.05) is 18.0 Å². The number of halogens is 1. The molecule has 1 atom stereocenters. The van der Waals surface area contributed by atoms with Gasteiger partial charge in [-0.25, -0.2) is 4.39 Å². The van der Waals surface area contributed by atoms with Crippen molar-refractivity contribution in [3.05, 3.63) is 29.6 Å². The van der Waals surface area contributed by atoms with Crippen LogP contribution in [0.1, 0.15) is 37.0 Å². The van der Waals surface area contributed by atoms with Crippen molar-refractivity contribution in [3.8, 4) is 0 Å². The molecule has 2 N–H and O–H groups in total. The largest absolute Gasteiger partial charge is 0.391 e. The Balaban J connectivity index is 2.12. The molecule has 1 unspecified atom stereocenters. The quantitative estimate of drug-likeness (QED) is 0.870. The number of rotatable bonds is 5. The maximum Gasteiger partial charge on any atom is 0.254 e. The van der Waals surface area contributed by atoms with Gasteiger partial charge in [-0.05, 0) is 30.5 Å². The molecule has 6 heteroatoms. The van der Waals surface area contributed by atoms with E-state index in [0.717, 1.165) is 6.42 Å². The highest BCUT2D eigenvalue weighted by Crippen LogP contribution is 2.23. The molecule has 2 amide bonds. The highest BCUT2D eigenvalue weighted by Gasteiger charge is 2.23. The van der Waals surface area contributed by atoms with Gasteiger partial charge in [-0.2, -0.15) is 0 Å². The number of hydrogen-bond acceptors (Lipinski definition) is 3. The zero-order valence-corrected chi connectivity index (χ0v) is 12.8. The molecule has 0 radical (unpaired) electrons. The van der Waals surface area contributed by atoms with Crippen LogP contribution in [-0.2, 0) is 4.79 Å². The Kier molecular flexibility index (Phi) is 5.13. The van der Waals surface area contributed by atoms with Gasteiger partial charge in [0.15, 0.2) is 0 Å². The summed E-state index contributed by atoms with van der Waals surface area (Å²) in [6.07, 6.45) is 0.549. The monoisotopic (exact) mass is 308 g/mol. The molecule has 1 aromatic rings. The SMILES string of the molecule is CC(C)C(O)CNC(=O)c1cc(N2CCCC2=O)ccc1F. The van der Waals surface area contributed by atoms with Gasteiger partial charge in [0.1, 0.15) is 5.82 Å². The maximum atomic E-state index is 13.9. The summed E-state index contributed by atoms with van der Waals surface area (Å²) in [7, 11) is 0. The van der Waals surface area contributed by atoms with Gasteiger partial charge in [-0.15, -0.1) is 0 Å². The first kappa shape index (κ1) is 16.4. The Morgan fingerprint density at radius 3 is 2.77 bits per heavy atom. The molecule has 1 aromatic carbocycles.